The Kier molecular flexibility index (Phi) is 7.17. The van der Waals surface area contributed by atoms with Crippen LogP contribution >= 0.6 is 0 Å². The third-order valence-corrected chi connectivity index (χ3v) is 4.09. The highest BCUT2D eigenvalue weighted by Gasteiger charge is 2.20. The molecule has 0 spiro atoms. The highest BCUT2D eigenvalue weighted by atomic mass is 16.5. The highest BCUT2D eigenvalue weighted by Crippen LogP contribution is 2.12. The van der Waals surface area contributed by atoms with Gasteiger partial charge in [-0.3, -0.25) is 14.5 Å². The minimum absolute atomic E-state index is 0.128. The van der Waals surface area contributed by atoms with E-state index in [0.29, 0.717) is 6.54 Å². The SMILES string of the molecule is COc1cccc(CNC(=O)C(C)N(C)CC(=O)Nc2ccccc2)c1. The molecular formula is C20H25N3O3. The number of methoxy groups -OCH3 is 1. The van der Waals surface area contributed by atoms with Crippen LogP contribution in [0.25, 0.3) is 0 Å². The van der Waals surface area contributed by atoms with Crippen molar-refractivity contribution in [2.75, 3.05) is 26.0 Å². The summed E-state index contributed by atoms with van der Waals surface area (Å²) in [5.74, 6) is 0.452. The zero-order valence-electron chi connectivity index (χ0n) is 15.4. The van der Waals surface area contributed by atoms with Crippen LogP contribution in [0.4, 0.5) is 5.69 Å². The molecule has 6 heteroatoms. The molecular weight excluding hydrogens is 330 g/mol. The first-order chi connectivity index (χ1) is 12.5. The average molecular weight is 355 g/mol. The molecule has 1 atom stereocenters. The summed E-state index contributed by atoms with van der Waals surface area (Å²) in [5, 5.41) is 5.70. The van der Waals surface area contributed by atoms with Gasteiger partial charge in [-0.15, -0.1) is 0 Å². The van der Waals surface area contributed by atoms with Crippen LogP contribution < -0.4 is 15.4 Å². The third-order valence-electron chi connectivity index (χ3n) is 4.09. The van der Waals surface area contributed by atoms with Crippen molar-refractivity contribution in [3.05, 3.63) is 60.2 Å². The molecule has 0 aliphatic rings. The van der Waals surface area contributed by atoms with E-state index in [-0.39, 0.29) is 18.4 Å². The Morgan fingerprint density at radius 2 is 1.85 bits per heavy atom. The predicted molar refractivity (Wildman–Crippen MR) is 102 cm³/mol. The van der Waals surface area contributed by atoms with Crippen molar-refractivity contribution in [3.8, 4) is 5.75 Å². The first kappa shape index (κ1) is 19.5. The lowest BCUT2D eigenvalue weighted by Gasteiger charge is -2.23. The smallest absolute Gasteiger partial charge is 0.238 e. The van der Waals surface area contributed by atoms with Gasteiger partial charge in [0.05, 0.1) is 19.7 Å². The molecule has 0 saturated carbocycles. The van der Waals surface area contributed by atoms with E-state index in [2.05, 4.69) is 10.6 Å². The summed E-state index contributed by atoms with van der Waals surface area (Å²) < 4.78 is 5.17. The zero-order valence-corrected chi connectivity index (χ0v) is 15.4. The minimum Gasteiger partial charge on any atom is -0.497 e. The summed E-state index contributed by atoms with van der Waals surface area (Å²) in [6.45, 7) is 2.31. The van der Waals surface area contributed by atoms with Gasteiger partial charge in [0.25, 0.3) is 0 Å². The van der Waals surface area contributed by atoms with E-state index in [0.717, 1.165) is 17.0 Å². The van der Waals surface area contributed by atoms with Crippen LogP contribution in [-0.4, -0.2) is 43.5 Å². The lowest BCUT2D eigenvalue weighted by molar-refractivity contribution is -0.126. The van der Waals surface area contributed by atoms with Crippen LogP contribution in [0.1, 0.15) is 12.5 Å². The van der Waals surface area contributed by atoms with E-state index in [1.165, 1.54) is 0 Å². The molecule has 0 aromatic heterocycles. The van der Waals surface area contributed by atoms with E-state index in [1.54, 1.807) is 26.0 Å². The van der Waals surface area contributed by atoms with E-state index < -0.39 is 6.04 Å². The number of carbonyl (C=O) groups excluding carboxylic acids is 2. The molecule has 1 unspecified atom stereocenters. The Morgan fingerprint density at radius 1 is 1.12 bits per heavy atom. The topological polar surface area (TPSA) is 70.7 Å². The Balaban J connectivity index is 1.81. The van der Waals surface area contributed by atoms with Crippen LogP contribution in [0, 0.1) is 0 Å². The number of ether oxygens (including phenoxy) is 1. The number of hydrogen-bond acceptors (Lipinski definition) is 4. The summed E-state index contributed by atoms with van der Waals surface area (Å²) in [6.07, 6.45) is 0. The lowest BCUT2D eigenvalue weighted by Crippen LogP contribution is -2.45. The van der Waals surface area contributed by atoms with E-state index in [9.17, 15) is 9.59 Å². The Bertz CT molecular complexity index is 734. The lowest BCUT2D eigenvalue weighted by atomic mass is 10.2. The number of nitrogens with zero attached hydrogens (tertiary/aromatic N) is 1. The molecule has 138 valence electrons. The van der Waals surface area contributed by atoms with Crippen molar-refractivity contribution in [3.63, 3.8) is 0 Å². The number of nitrogens with one attached hydrogen (secondary N) is 2. The van der Waals surface area contributed by atoms with Crippen LogP contribution in [0.2, 0.25) is 0 Å². The molecule has 2 aromatic carbocycles. The normalized spacial score (nSPS) is 11.7. The highest BCUT2D eigenvalue weighted by molar-refractivity contribution is 5.92. The summed E-state index contributed by atoms with van der Waals surface area (Å²) in [6, 6.07) is 16.3. The molecule has 0 aliphatic heterocycles. The monoisotopic (exact) mass is 355 g/mol. The van der Waals surface area contributed by atoms with Gasteiger partial charge in [-0.05, 0) is 43.8 Å². The summed E-state index contributed by atoms with van der Waals surface area (Å²) in [5.41, 5.74) is 1.69. The zero-order chi connectivity index (χ0) is 18.9. The van der Waals surface area contributed by atoms with E-state index >= 15 is 0 Å². The van der Waals surface area contributed by atoms with Gasteiger partial charge in [-0.1, -0.05) is 30.3 Å². The fourth-order valence-corrected chi connectivity index (χ4v) is 2.40. The number of hydrogen-bond donors (Lipinski definition) is 2. The minimum atomic E-state index is -0.429. The van der Waals surface area contributed by atoms with E-state index in [4.69, 9.17) is 4.74 Å². The van der Waals surface area contributed by atoms with Gasteiger partial charge in [0.1, 0.15) is 5.75 Å². The second kappa shape index (κ2) is 9.58. The fourth-order valence-electron chi connectivity index (χ4n) is 2.40. The number of anilines is 1. The van der Waals surface area contributed by atoms with Crippen molar-refractivity contribution in [1.82, 2.24) is 10.2 Å². The molecule has 2 N–H and O–H groups in total. The number of benzene rings is 2. The Hall–Kier alpha value is -2.86. The molecule has 0 bridgehead atoms. The van der Waals surface area contributed by atoms with Crippen LogP contribution in [0.15, 0.2) is 54.6 Å². The first-order valence-corrected chi connectivity index (χ1v) is 8.45. The average Bonchev–Trinajstić information content (AvgIpc) is 2.66. The second-order valence-corrected chi connectivity index (χ2v) is 6.07. The summed E-state index contributed by atoms with van der Waals surface area (Å²) >= 11 is 0. The van der Waals surface area contributed by atoms with Crippen LogP contribution in [0.3, 0.4) is 0 Å². The molecule has 0 saturated heterocycles. The number of rotatable bonds is 8. The fraction of sp³-hybridized carbons (Fsp3) is 0.300. The summed E-state index contributed by atoms with van der Waals surface area (Å²) in [7, 11) is 3.36. The van der Waals surface area contributed by atoms with Gasteiger partial charge in [0, 0.05) is 12.2 Å². The molecule has 0 heterocycles. The maximum atomic E-state index is 12.3. The van der Waals surface area contributed by atoms with Crippen molar-refractivity contribution in [1.29, 1.82) is 0 Å². The molecule has 6 nitrogen and oxygen atoms in total. The first-order valence-electron chi connectivity index (χ1n) is 8.45. The van der Waals surface area contributed by atoms with Gasteiger partial charge in [0.15, 0.2) is 0 Å². The van der Waals surface area contributed by atoms with Crippen LogP contribution in [-0.2, 0) is 16.1 Å². The Morgan fingerprint density at radius 3 is 2.54 bits per heavy atom. The molecule has 2 amide bonds. The molecule has 2 aromatic rings. The van der Waals surface area contributed by atoms with Gasteiger partial charge in [-0.25, -0.2) is 0 Å². The third kappa shape index (κ3) is 5.89. The van der Waals surface area contributed by atoms with Crippen molar-refractivity contribution < 1.29 is 14.3 Å². The largest absolute Gasteiger partial charge is 0.497 e. The number of amides is 2. The molecule has 0 fully saturated rings. The molecule has 0 aliphatic carbocycles. The molecule has 2 rings (SSSR count). The summed E-state index contributed by atoms with van der Waals surface area (Å²) in [4.78, 5) is 26.1. The maximum Gasteiger partial charge on any atom is 0.238 e. The van der Waals surface area contributed by atoms with Crippen molar-refractivity contribution in [2.45, 2.75) is 19.5 Å². The van der Waals surface area contributed by atoms with Gasteiger partial charge in [-0.2, -0.15) is 0 Å². The van der Waals surface area contributed by atoms with Gasteiger partial charge < -0.3 is 15.4 Å². The van der Waals surface area contributed by atoms with Gasteiger partial charge >= 0.3 is 0 Å². The quantitative estimate of drug-likeness (QED) is 0.762. The maximum absolute atomic E-state index is 12.3. The number of likely N-dealkylation sites (N-methyl/N-ethyl adjacent to an activating group) is 1. The standard InChI is InChI=1S/C20H25N3O3/c1-15(20(25)21-13-16-8-7-11-18(12-16)26-3)23(2)14-19(24)22-17-9-5-4-6-10-17/h4-12,15H,13-14H2,1-3H3,(H,21,25)(H,22,24). The van der Waals surface area contributed by atoms with Gasteiger partial charge in [0.2, 0.25) is 11.8 Å². The molecule has 0 radical (unpaired) electrons. The predicted octanol–water partition coefficient (Wildman–Crippen LogP) is 2.27. The second-order valence-electron chi connectivity index (χ2n) is 6.07. The van der Waals surface area contributed by atoms with Crippen molar-refractivity contribution in [2.24, 2.45) is 0 Å². The number of para-hydroxylation sites is 1. The number of carbonyl (C=O) groups is 2. The van der Waals surface area contributed by atoms with Crippen LogP contribution in [0.5, 0.6) is 5.75 Å². The molecule has 26 heavy (non-hydrogen) atoms. The Labute approximate surface area is 154 Å². The van der Waals surface area contributed by atoms with Crippen molar-refractivity contribution >= 4 is 17.5 Å². The van der Waals surface area contributed by atoms with E-state index in [1.807, 2.05) is 54.6 Å².